The molecule has 0 unspecified atom stereocenters. The molecule has 6 heteroatoms. The maximum Gasteiger partial charge on any atom is 0.242 e. The Morgan fingerprint density at radius 3 is 2.50 bits per heavy atom. The highest BCUT2D eigenvalue weighted by atomic mass is 16.3. The third-order valence-corrected chi connectivity index (χ3v) is 3.30. The molecule has 0 radical (unpaired) electrons. The third kappa shape index (κ3) is 4.62. The molecule has 0 heterocycles. The standard InChI is InChI=1S/C12H23N3O3/c13-8-11(17)14-9-12(18)15(6-7-16)10-4-2-1-3-5-10/h10,16H,1-9,13H2,(H,14,17). The van der Waals surface area contributed by atoms with Crippen molar-refractivity contribution < 1.29 is 14.7 Å². The van der Waals surface area contributed by atoms with Gasteiger partial charge in [0.25, 0.3) is 0 Å². The number of nitrogens with two attached hydrogens (primary N) is 1. The molecule has 0 atom stereocenters. The molecule has 1 aliphatic rings. The zero-order valence-corrected chi connectivity index (χ0v) is 10.7. The molecule has 2 amide bonds. The van der Waals surface area contributed by atoms with Crippen LogP contribution in [0.15, 0.2) is 0 Å². The molecule has 0 saturated heterocycles. The summed E-state index contributed by atoms with van der Waals surface area (Å²) >= 11 is 0. The minimum atomic E-state index is -0.337. The average molecular weight is 257 g/mol. The van der Waals surface area contributed by atoms with E-state index in [1.165, 1.54) is 6.42 Å². The fourth-order valence-corrected chi connectivity index (χ4v) is 2.36. The summed E-state index contributed by atoms with van der Waals surface area (Å²) < 4.78 is 0. The number of hydrogen-bond donors (Lipinski definition) is 3. The second kappa shape index (κ2) is 8.05. The number of nitrogens with zero attached hydrogens (tertiary/aromatic N) is 1. The Balaban J connectivity index is 2.48. The van der Waals surface area contributed by atoms with Gasteiger partial charge in [-0.3, -0.25) is 9.59 Å². The summed E-state index contributed by atoms with van der Waals surface area (Å²) in [7, 11) is 0. The van der Waals surface area contributed by atoms with Crippen molar-refractivity contribution in [1.82, 2.24) is 10.2 Å². The Morgan fingerprint density at radius 2 is 1.94 bits per heavy atom. The van der Waals surface area contributed by atoms with E-state index in [1.54, 1.807) is 4.90 Å². The van der Waals surface area contributed by atoms with Gasteiger partial charge in [-0.2, -0.15) is 0 Å². The maximum atomic E-state index is 12.0. The normalized spacial score (nSPS) is 16.3. The maximum absolute atomic E-state index is 12.0. The second-order valence-electron chi connectivity index (χ2n) is 4.58. The predicted octanol–water partition coefficient (Wildman–Crippen LogP) is -0.785. The van der Waals surface area contributed by atoms with Crippen LogP contribution in [-0.4, -0.2) is 54.1 Å². The van der Waals surface area contributed by atoms with Crippen LogP contribution in [0.3, 0.4) is 0 Å². The molecule has 4 N–H and O–H groups in total. The van der Waals surface area contributed by atoms with Gasteiger partial charge < -0.3 is 21.1 Å². The highest BCUT2D eigenvalue weighted by molar-refractivity contribution is 5.85. The van der Waals surface area contributed by atoms with E-state index in [9.17, 15) is 9.59 Å². The highest BCUT2D eigenvalue weighted by Gasteiger charge is 2.24. The van der Waals surface area contributed by atoms with Crippen molar-refractivity contribution in [3.8, 4) is 0 Å². The lowest BCUT2D eigenvalue weighted by atomic mass is 9.94. The van der Waals surface area contributed by atoms with Crippen LogP contribution in [0, 0.1) is 0 Å². The van der Waals surface area contributed by atoms with E-state index < -0.39 is 0 Å². The molecular weight excluding hydrogens is 234 g/mol. The Kier molecular flexibility index (Phi) is 6.67. The minimum Gasteiger partial charge on any atom is -0.395 e. The molecule has 0 aromatic heterocycles. The smallest absolute Gasteiger partial charge is 0.242 e. The van der Waals surface area contributed by atoms with E-state index in [0.29, 0.717) is 6.54 Å². The van der Waals surface area contributed by atoms with Gasteiger partial charge in [0.1, 0.15) is 0 Å². The molecular formula is C12H23N3O3. The molecule has 18 heavy (non-hydrogen) atoms. The van der Waals surface area contributed by atoms with Crippen LogP contribution in [0.4, 0.5) is 0 Å². The quantitative estimate of drug-likeness (QED) is 0.581. The topological polar surface area (TPSA) is 95.7 Å². The number of carbonyl (C=O) groups excluding carboxylic acids is 2. The van der Waals surface area contributed by atoms with Gasteiger partial charge in [0.2, 0.25) is 11.8 Å². The van der Waals surface area contributed by atoms with Gasteiger partial charge in [-0.05, 0) is 12.8 Å². The Morgan fingerprint density at radius 1 is 1.28 bits per heavy atom. The van der Waals surface area contributed by atoms with Gasteiger partial charge in [-0.15, -0.1) is 0 Å². The summed E-state index contributed by atoms with van der Waals surface area (Å²) in [5, 5.41) is 11.5. The van der Waals surface area contributed by atoms with Gasteiger partial charge in [0.05, 0.1) is 19.7 Å². The van der Waals surface area contributed by atoms with E-state index in [-0.39, 0.29) is 37.6 Å². The summed E-state index contributed by atoms with van der Waals surface area (Å²) in [5.74, 6) is -0.478. The van der Waals surface area contributed by atoms with Crippen molar-refractivity contribution in [3.63, 3.8) is 0 Å². The van der Waals surface area contributed by atoms with Crippen LogP contribution in [0.5, 0.6) is 0 Å². The Labute approximate surface area is 108 Å². The van der Waals surface area contributed by atoms with Crippen LogP contribution in [0.2, 0.25) is 0 Å². The lowest BCUT2D eigenvalue weighted by Gasteiger charge is -2.34. The van der Waals surface area contributed by atoms with E-state index in [1.807, 2.05) is 0 Å². The molecule has 1 saturated carbocycles. The molecule has 0 bridgehead atoms. The number of rotatable bonds is 6. The van der Waals surface area contributed by atoms with E-state index >= 15 is 0 Å². The molecule has 1 aliphatic carbocycles. The molecule has 0 spiro atoms. The molecule has 104 valence electrons. The molecule has 0 aromatic rings. The van der Waals surface area contributed by atoms with Gasteiger partial charge in [0.15, 0.2) is 0 Å². The van der Waals surface area contributed by atoms with Crippen molar-refractivity contribution in [2.24, 2.45) is 5.73 Å². The summed E-state index contributed by atoms with van der Waals surface area (Å²) in [5.41, 5.74) is 5.16. The first kappa shape index (κ1) is 14.9. The van der Waals surface area contributed by atoms with Crippen LogP contribution < -0.4 is 11.1 Å². The zero-order chi connectivity index (χ0) is 13.4. The number of nitrogens with one attached hydrogen (secondary N) is 1. The summed E-state index contributed by atoms with van der Waals surface area (Å²) in [6, 6.07) is 0.202. The monoisotopic (exact) mass is 257 g/mol. The summed E-state index contributed by atoms with van der Waals surface area (Å²) in [6.45, 7) is 0.137. The lowest BCUT2D eigenvalue weighted by molar-refractivity contribution is -0.135. The minimum absolute atomic E-state index is 0.0352. The van der Waals surface area contributed by atoms with Gasteiger partial charge >= 0.3 is 0 Å². The zero-order valence-electron chi connectivity index (χ0n) is 10.7. The molecule has 6 nitrogen and oxygen atoms in total. The predicted molar refractivity (Wildman–Crippen MR) is 67.7 cm³/mol. The SMILES string of the molecule is NCC(=O)NCC(=O)N(CCO)C1CCCCC1. The lowest BCUT2D eigenvalue weighted by Crippen LogP contribution is -2.48. The average Bonchev–Trinajstić information content (AvgIpc) is 2.42. The largest absolute Gasteiger partial charge is 0.395 e. The number of aliphatic hydroxyl groups is 1. The van der Waals surface area contributed by atoms with Crippen LogP contribution in [-0.2, 0) is 9.59 Å². The summed E-state index contributed by atoms with van der Waals surface area (Å²) in [4.78, 5) is 24.7. The number of aliphatic hydroxyl groups excluding tert-OH is 1. The van der Waals surface area contributed by atoms with Crippen molar-refractivity contribution in [2.45, 2.75) is 38.1 Å². The number of carbonyl (C=O) groups is 2. The first-order valence-corrected chi connectivity index (χ1v) is 6.56. The van der Waals surface area contributed by atoms with Crippen LogP contribution >= 0.6 is 0 Å². The number of amides is 2. The summed E-state index contributed by atoms with van der Waals surface area (Å²) in [6.07, 6.45) is 5.42. The van der Waals surface area contributed by atoms with Gasteiger partial charge in [-0.1, -0.05) is 19.3 Å². The molecule has 0 aromatic carbocycles. The van der Waals surface area contributed by atoms with Crippen molar-refractivity contribution >= 4 is 11.8 Å². The first-order chi connectivity index (χ1) is 8.69. The molecule has 1 fully saturated rings. The third-order valence-electron chi connectivity index (χ3n) is 3.30. The molecule has 0 aliphatic heterocycles. The van der Waals surface area contributed by atoms with E-state index in [4.69, 9.17) is 10.8 Å². The molecule has 1 rings (SSSR count). The van der Waals surface area contributed by atoms with Crippen molar-refractivity contribution in [1.29, 1.82) is 0 Å². The highest BCUT2D eigenvalue weighted by Crippen LogP contribution is 2.22. The fraction of sp³-hybridized carbons (Fsp3) is 0.833. The van der Waals surface area contributed by atoms with Crippen molar-refractivity contribution in [2.75, 3.05) is 26.2 Å². The second-order valence-corrected chi connectivity index (χ2v) is 4.58. The van der Waals surface area contributed by atoms with Crippen LogP contribution in [0.1, 0.15) is 32.1 Å². The Hall–Kier alpha value is -1.14. The van der Waals surface area contributed by atoms with Gasteiger partial charge in [-0.25, -0.2) is 0 Å². The van der Waals surface area contributed by atoms with Gasteiger partial charge in [0, 0.05) is 12.6 Å². The number of hydrogen-bond acceptors (Lipinski definition) is 4. The van der Waals surface area contributed by atoms with E-state index in [0.717, 1.165) is 25.7 Å². The van der Waals surface area contributed by atoms with E-state index in [2.05, 4.69) is 5.32 Å². The first-order valence-electron chi connectivity index (χ1n) is 6.56. The Bertz CT molecular complexity index is 278. The van der Waals surface area contributed by atoms with Crippen LogP contribution in [0.25, 0.3) is 0 Å². The fourth-order valence-electron chi connectivity index (χ4n) is 2.36. The van der Waals surface area contributed by atoms with Crippen molar-refractivity contribution in [3.05, 3.63) is 0 Å².